The molecule has 4 aromatic rings. The molecule has 184 valence electrons. The lowest BCUT2D eigenvalue weighted by Crippen LogP contribution is -2.34. The van der Waals surface area contributed by atoms with Crippen molar-refractivity contribution < 1.29 is 9.53 Å². The fourth-order valence-corrected chi connectivity index (χ4v) is 5.13. The summed E-state index contributed by atoms with van der Waals surface area (Å²) >= 11 is 1.56. The third kappa shape index (κ3) is 5.73. The van der Waals surface area contributed by atoms with Crippen molar-refractivity contribution in [1.29, 1.82) is 0 Å². The maximum Gasteiger partial charge on any atom is 0.260 e. The third-order valence-electron chi connectivity index (χ3n) is 6.04. The maximum absolute atomic E-state index is 13.7. The van der Waals surface area contributed by atoms with E-state index in [1.807, 2.05) is 42.8 Å². The number of aryl methyl sites for hydroxylation is 2. The molecule has 0 aliphatic carbocycles. The number of fused-ring (bicyclic) bond motifs is 1. The molecule has 4 rings (SSSR count). The molecule has 35 heavy (non-hydrogen) atoms. The number of carbonyl (C=O) groups is 1. The minimum atomic E-state index is -0.0724. The molecule has 0 N–H and O–H groups in total. The Bertz CT molecular complexity index is 1290. The lowest BCUT2D eigenvalue weighted by molar-refractivity contribution is 0.0985. The van der Waals surface area contributed by atoms with Crippen LogP contribution in [0.5, 0.6) is 5.75 Å². The summed E-state index contributed by atoms with van der Waals surface area (Å²) in [7, 11) is 0. The Balaban J connectivity index is 1.65. The van der Waals surface area contributed by atoms with Gasteiger partial charge in [0.15, 0.2) is 5.13 Å². The van der Waals surface area contributed by atoms with Gasteiger partial charge in [0.25, 0.3) is 5.91 Å². The number of thiazole rings is 1. The van der Waals surface area contributed by atoms with Crippen molar-refractivity contribution in [2.45, 2.75) is 59.9 Å². The molecule has 0 bridgehead atoms. The van der Waals surface area contributed by atoms with Gasteiger partial charge in [0, 0.05) is 17.8 Å². The second-order valence-corrected chi connectivity index (χ2v) is 10.2. The Hall–Kier alpha value is -3.19. The molecule has 2 aromatic carbocycles. The van der Waals surface area contributed by atoms with Crippen molar-refractivity contribution in [3.05, 3.63) is 71.0 Å². The zero-order chi connectivity index (χ0) is 24.9. The second-order valence-electron chi connectivity index (χ2n) is 9.18. The molecule has 0 atom stereocenters. The van der Waals surface area contributed by atoms with Gasteiger partial charge in [-0.25, -0.2) is 4.98 Å². The molecular weight excluding hydrogens is 456 g/mol. The first kappa shape index (κ1) is 24.9. The van der Waals surface area contributed by atoms with E-state index in [1.165, 1.54) is 5.56 Å². The van der Waals surface area contributed by atoms with E-state index in [-0.39, 0.29) is 5.91 Å². The molecule has 0 saturated carbocycles. The molecule has 2 heterocycles. The van der Waals surface area contributed by atoms with Crippen LogP contribution in [0.25, 0.3) is 10.2 Å². The molecule has 0 aliphatic heterocycles. The number of nitrogens with zero attached hydrogens (tertiary/aromatic N) is 4. The predicted molar refractivity (Wildman–Crippen MR) is 144 cm³/mol. The molecule has 0 spiro atoms. The van der Waals surface area contributed by atoms with E-state index in [2.05, 4.69) is 50.1 Å². The fourth-order valence-electron chi connectivity index (χ4n) is 4.10. The molecule has 0 fully saturated rings. The number of hydrogen-bond donors (Lipinski definition) is 0. The van der Waals surface area contributed by atoms with Crippen molar-refractivity contribution >= 4 is 32.6 Å². The van der Waals surface area contributed by atoms with Gasteiger partial charge in [-0.3, -0.25) is 14.4 Å². The van der Waals surface area contributed by atoms with Crippen LogP contribution in [0.2, 0.25) is 0 Å². The normalized spacial score (nSPS) is 11.4. The summed E-state index contributed by atoms with van der Waals surface area (Å²) in [6, 6.07) is 15.7. The average molecular weight is 491 g/mol. The Labute approximate surface area is 211 Å². The Morgan fingerprint density at radius 2 is 1.91 bits per heavy atom. The topological polar surface area (TPSA) is 60.2 Å². The largest absolute Gasteiger partial charge is 0.494 e. The molecule has 7 heteroatoms. The van der Waals surface area contributed by atoms with Crippen LogP contribution in [0.3, 0.4) is 0 Å². The van der Waals surface area contributed by atoms with Crippen LogP contribution < -0.4 is 9.64 Å². The molecule has 1 amide bonds. The molecular formula is C28H34N4O2S. The molecule has 0 saturated heterocycles. The number of hydrogen-bond acceptors (Lipinski definition) is 5. The third-order valence-corrected chi connectivity index (χ3v) is 7.09. The van der Waals surface area contributed by atoms with Gasteiger partial charge in [0.05, 0.1) is 29.1 Å². The predicted octanol–water partition coefficient (Wildman–Crippen LogP) is 6.76. The summed E-state index contributed by atoms with van der Waals surface area (Å²) in [5.41, 5.74) is 4.84. The number of unbranched alkanes of at least 4 members (excludes halogenated alkanes) is 1. The van der Waals surface area contributed by atoms with E-state index in [4.69, 9.17) is 9.72 Å². The molecule has 6 nitrogen and oxygen atoms in total. The van der Waals surface area contributed by atoms with Crippen LogP contribution >= 0.6 is 11.3 Å². The summed E-state index contributed by atoms with van der Waals surface area (Å²) in [6.45, 7) is 12.3. The highest BCUT2D eigenvalue weighted by molar-refractivity contribution is 7.22. The van der Waals surface area contributed by atoms with E-state index >= 15 is 0 Å². The Morgan fingerprint density at radius 3 is 2.57 bits per heavy atom. The van der Waals surface area contributed by atoms with Gasteiger partial charge in [-0.1, -0.05) is 50.7 Å². The highest BCUT2D eigenvalue weighted by Gasteiger charge is 2.23. The van der Waals surface area contributed by atoms with Gasteiger partial charge in [-0.2, -0.15) is 5.10 Å². The highest BCUT2D eigenvalue weighted by atomic mass is 32.1. The standard InChI is InChI=1S/C28H34N4O2S/c1-6-7-17-34-23-13-11-22(12-14-23)27(33)31(15-16-32-21(5)18-20(4)30-32)28-29-26-24(19(2)3)9-8-10-25(26)35-28/h8-14,18-19H,6-7,15-17H2,1-5H3. The number of anilines is 1. The first-order valence-corrected chi connectivity index (χ1v) is 13.1. The van der Waals surface area contributed by atoms with Crippen molar-refractivity contribution in [3.63, 3.8) is 0 Å². The fraction of sp³-hybridized carbons (Fsp3) is 0.393. The first-order chi connectivity index (χ1) is 16.9. The van der Waals surface area contributed by atoms with Crippen molar-refractivity contribution in [2.75, 3.05) is 18.1 Å². The minimum Gasteiger partial charge on any atom is -0.494 e. The number of para-hydroxylation sites is 1. The van der Waals surface area contributed by atoms with E-state index in [0.717, 1.165) is 40.2 Å². The van der Waals surface area contributed by atoms with E-state index in [9.17, 15) is 4.79 Å². The van der Waals surface area contributed by atoms with Gasteiger partial charge in [0.2, 0.25) is 0 Å². The van der Waals surface area contributed by atoms with Gasteiger partial charge in [-0.05, 0) is 68.1 Å². The lowest BCUT2D eigenvalue weighted by Gasteiger charge is -2.20. The summed E-state index contributed by atoms with van der Waals surface area (Å²) < 4.78 is 8.82. The van der Waals surface area contributed by atoms with Crippen LogP contribution in [-0.2, 0) is 6.54 Å². The van der Waals surface area contributed by atoms with Crippen molar-refractivity contribution in [3.8, 4) is 5.75 Å². The number of amides is 1. The highest BCUT2D eigenvalue weighted by Crippen LogP contribution is 2.34. The zero-order valence-electron chi connectivity index (χ0n) is 21.2. The van der Waals surface area contributed by atoms with Crippen LogP contribution in [0.4, 0.5) is 5.13 Å². The number of benzene rings is 2. The molecule has 0 radical (unpaired) electrons. The second kappa shape index (κ2) is 11.0. The number of carbonyl (C=O) groups excluding carboxylic acids is 1. The minimum absolute atomic E-state index is 0.0724. The van der Waals surface area contributed by atoms with Crippen LogP contribution in [-0.4, -0.2) is 33.8 Å². The van der Waals surface area contributed by atoms with Gasteiger partial charge in [0.1, 0.15) is 5.75 Å². The summed E-state index contributed by atoms with van der Waals surface area (Å²) in [4.78, 5) is 20.5. The van der Waals surface area contributed by atoms with E-state index in [1.54, 1.807) is 16.2 Å². The first-order valence-electron chi connectivity index (χ1n) is 12.3. The lowest BCUT2D eigenvalue weighted by atomic mass is 10.0. The SMILES string of the molecule is CCCCOc1ccc(C(=O)N(CCn2nc(C)cc2C)c2nc3c(C(C)C)cccc3s2)cc1. The van der Waals surface area contributed by atoms with Crippen molar-refractivity contribution in [2.24, 2.45) is 0 Å². The maximum atomic E-state index is 13.7. The van der Waals surface area contributed by atoms with Gasteiger partial charge >= 0.3 is 0 Å². The van der Waals surface area contributed by atoms with Gasteiger partial charge < -0.3 is 4.74 Å². The number of ether oxygens (including phenoxy) is 1. The van der Waals surface area contributed by atoms with Gasteiger partial charge in [-0.15, -0.1) is 0 Å². The van der Waals surface area contributed by atoms with Crippen LogP contribution in [0.15, 0.2) is 48.5 Å². The summed E-state index contributed by atoms with van der Waals surface area (Å²) in [6.07, 6.45) is 2.10. The monoisotopic (exact) mass is 490 g/mol. The van der Waals surface area contributed by atoms with Crippen molar-refractivity contribution in [1.82, 2.24) is 14.8 Å². The summed E-state index contributed by atoms with van der Waals surface area (Å²) in [5.74, 6) is 1.07. The quantitative estimate of drug-likeness (QED) is 0.230. The molecule has 2 aromatic heterocycles. The van der Waals surface area contributed by atoms with E-state index < -0.39 is 0 Å². The Kier molecular flexibility index (Phi) is 7.86. The smallest absolute Gasteiger partial charge is 0.260 e. The summed E-state index contributed by atoms with van der Waals surface area (Å²) in [5, 5.41) is 5.29. The van der Waals surface area contributed by atoms with Crippen LogP contribution in [0.1, 0.15) is 66.8 Å². The number of rotatable bonds is 10. The zero-order valence-corrected chi connectivity index (χ0v) is 22.1. The molecule has 0 unspecified atom stereocenters. The molecule has 0 aliphatic rings. The number of aromatic nitrogens is 3. The van der Waals surface area contributed by atoms with Crippen LogP contribution in [0, 0.1) is 13.8 Å². The average Bonchev–Trinajstić information content (AvgIpc) is 3.41. The van der Waals surface area contributed by atoms with E-state index in [0.29, 0.717) is 36.3 Å². The Morgan fingerprint density at radius 1 is 1.14 bits per heavy atom.